The number of rotatable bonds is 7. The van der Waals surface area contributed by atoms with Crippen LogP contribution in [0.3, 0.4) is 0 Å². The summed E-state index contributed by atoms with van der Waals surface area (Å²) in [5.74, 6) is -0.416. The molecule has 1 aliphatic carbocycles. The first-order chi connectivity index (χ1) is 14.5. The Balaban J connectivity index is 2.13. The van der Waals surface area contributed by atoms with Crippen molar-refractivity contribution in [2.24, 2.45) is 22.9 Å². The van der Waals surface area contributed by atoms with Gasteiger partial charge in [-0.25, -0.2) is 12.4 Å². The number of aliphatic hydroxyl groups is 1. The normalized spacial score (nSPS) is 28.0. The largest absolute Gasteiger partial charge is 0.388 e. The molecule has 0 amide bonds. The van der Waals surface area contributed by atoms with Crippen LogP contribution in [0.2, 0.25) is 0 Å². The number of nitrogens with zero attached hydrogens (tertiary/aromatic N) is 3. The van der Waals surface area contributed by atoms with Gasteiger partial charge in [-0.3, -0.25) is 0 Å². The Morgan fingerprint density at radius 2 is 1.87 bits per heavy atom. The molecule has 3 unspecified atom stereocenters. The molecule has 0 aliphatic heterocycles. The van der Waals surface area contributed by atoms with Crippen molar-refractivity contribution >= 4 is 15.7 Å². The molecule has 0 saturated heterocycles. The second-order valence-corrected chi connectivity index (χ2v) is 10.9. The zero-order valence-corrected chi connectivity index (χ0v) is 20.2. The summed E-state index contributed by atoms with van der Waals surface area (Å²) in [7, 11) is -0.00388. The van der Waals surface area contributed by atoms with Crippen LogP contribution in [0.15, 0.2) is 58.7 Å². The molecule has 7 heteroatoms. The molecular weight excluding hydrogens is 410 g/mol. The van der Waals surface area contributed by atoms with Crippen molar-refractivity contribution in [3.63, 3.8) is 0 Å². The monoisotopic (exact) mass is 445 g/mol. The van der Waals surface area contributed by atoms with Crippen molar-refractivity contribution in [2.45, 2.75) is 57.0 Å². The van der Waals surface area contributed by atoms with Crippen molar-refractivity contribution in [2.75, 3.05) is 14.1 Å². The van der Waals surface area contributed by atoms with Crippen molar-refractivity contribution in [1.29, 1.82) is 0 Å². The maximum absolute atomic E-state index is 13.4. The van der Waals surface area contributed by atoms with E-state index in [4.69, 9.17) is 0 Å². The predicted octanol–water partition coefficient (Wildman–Crippen LogP) is 4.18. The summed E-state index contributed by atoms with van der Waals surface area (Å²) in [5.41, 5.74) is 0.449. The van der Waals surface area contributed by atoms with Gasteiger partial charge in [0.25, 0.3) is 10.0 Å². The Bertz CT molecular complexity index is 1030. The van der Waals surface area contributed by atoms with Gasteiger partial charge in [0.15, 0.2) is 0 Å². The third kappa shape index (κ3) is 4.05. The minimum atomic E-state index is -3.76. The molecule has 5 atom stereocenters. The highest BCUT2D eigenvalue weighted by molar-refractivity contribution is 7.90. The van der Waals surface area contributed by atoms with Crippen molar-refractivity contribution < 1.29 is 13.5 Å². The maximum Gasteiger partial charge on any atom is 0.267 e. The predicted molar refractivity (Wildman–Crippen MR) is 125 cm³/mol. The first-order valence-electron chi connectivity index (χ1n) is 11.0. The van der Waals surface area contributed by atoms with Crippen LogP contribution in [0, 0.1) is 17.8 Å². The van der Waals surface area contributed by atoms with Crippen LogP contribution >= 0.6 is 0 Å². The molecule has 6 nitrogen and oxygen atoms in total. The molecule has 1 saturated carbocycles. The smallest absolute Gasteiger partial charge is 0.267 e. The van der Waals surface area contributed by atoms with Gasteiger partial charge in [-0.05, 0) is 48.9 Å². The molecule has 1 heterocycles. The summed E-state index contributed by atoms with van der Waals surface area (Å²) in [4.78, 5) is 0.242. The summed E-state index contributed by atoms with van der Waals surface area (Å²) >= 11 is 0. The first-order valence-corrected chi connectivity index (χ1v) is 12.4. The van der Waals surface area contributed by atoms with E-state index in [0.717, 1.165) is 18.6 Å². The first kappa shape index (κ1) is 23.5. The SMILES string of the molecule is CC/C(=N\N(C)C)C(C)C1(O)C(C)C[C@H](C)[C@H]1c1cccn1S(=O)(=O)c1ccccc1. The molecule has 3 rings (SSSR count). The van der Waals surface area contributed by atoms with Crippen molar-refractivity contribution in [1.82, 2.24) is 8.98 Å². The van der Waals surface area contributed by atoms with Gasteiger partial charge in [-0.1, -0.05) is 45.9 Å². The van der Waals surface area contributed by atoms with Crippen LogP contribution in [0.4, 0.5) is 0 Å². The van der Waals surface area contributed by atoms with Crippen LogP contribution < -0.4 is 0 Å². The minimum Gasteiger partial charge on any atom is -0.388 e. The van der Waals surface area contributed by atoms with E-state index in [1.165, 1.54) is 3.97 Å². The number of hydrazone groups is 1. The molecule has 31 heavy (non-hydrogen) atoms. The van der Waals surface area contributed by atoms with E-state index in [-0.39, 0.29) is 28.6 Å². The van der Waals surface area contributed by atoms with Crippen LogP contribution in [0.5, 0.6) is 0 Å². The molecule has 2 aromatic rings. The average Bonchev–Trinajstić information content (AvgIpc) is 3.29. The highest BCUT2D eigenvalue weighted by Gasteiger charge is 2.56. The molecule has 1 aromatic carbocycles. The zero-order valence-electron chi connectivity index (χ0n) is 19.4. The number of hydrogen-bond acceptors (Lipinski definition) is 5. The quantitative estimate of drug-likeness (QED) is 0.512. The molecular formula is C24H35N3O3S. The summed E-state index contributed by atoms with van der Waals surface area (Å²) in [5, 5.41) is 18.6. The molecule has 170 valence electrons. The summed E-state index contributed by atoms with van der Waals surface area (Å²) in [6.07, 6.45) is 3.13. The lowest BCUT2D eigenvalue weighted by atomic mass is 9.70. The third-order valence-corrected chi connectivity index (χ3v) is 8.55. The lowest BCUT2D eigenvalue weighted by molar-refractivity contribution is -0.0371. The van der Waals surface area contributed by atoms with Gasteiger partial charge < -0.3 is 10.1 Å². The van der Waals surface area contributed by atoms with Crippen molar-refractivity contribution in [3.8, 4) is 0 Å². The lowest BCUT2D eigenvalue weighted by Crippen LogP contribution is -2.48. The fraction of sp³-hybridized carbons (Fsp3) is 0.542. The van der Waals surface area contributed by atoms with Crippen LogP contribution in [0.25, 0.3) is 0 Å². The van der Waals surface area contributed by atoms with E-state index in [9.17, 15) is 13.5 Å². The van der Waals surface area contributed by atoms with Gasteiger partial charge in [-0.2, -0.15) is 5.10 Å². The van der Waals surface area contributed by atoms with Crippen LogP contribution in [-0.2, 0) is 10.0 Å². The molecule has 0 bridgehead atoms. The zero-order chi connectivity index (χ0) is 23.0. The summed E-state index contributed by atoms with van der Waals surface area (Å²) < 4.78 is 28.2. The number of aromatic nitrogens is 1. The third-order valence-electron chi connectivity index (χ3n) is 6.83. The van der Waals surface area contributed by atoms with Gasteiger partial charge in [-0.15, -0.1) is 0 Å². The number of hydrogen-bond donors (Lipinski definition) is 1. The van der Waals surface area contributed by atoms with Crippen LogP contribution in [0.1, 0.15) is 52.1 Å². The topological polar surface area (TPSA) is 74.9 Å². The Kier molecular flexibility index (Phi) is 6.67. The second-order valence-electron chi connectivity index (χ2n) is 9.04. The molecule has 0 radical (unpaired) electrons. The summed E-state index contributed by atoms with van der Waals surface area (Å²) in [6, 6.07) is 12.0. The Hall–Kier alpha value is -2.12. The second kappa shape index (κ2) is 8.79. The molecule has 1 aromatic heterocycles. The molecule has 1 fully saturated rings. The van der Waals surface area contributed by atoms with Crippen LogP contribution in [-0.4, -0.2) is 47.9 Å². The standard InChI is InChI=1S/C24H35N3O3S/c1-7-21(25-26(5)6)19(4)24(28)18(3)16-17(2)23(24)22-14-11-15-27(22)31(29,30)20-12-9-8-10-13-20/h8-15,17-19,23,28H,7,16H2,1-6H3/b25-21+/t17-,18?,19?,23-,24?/m0/s1. The van der Waals surface area contributed by atoms with Gasteiger partial charge in [0, 0.05) is 43.5 Å². The minimum absolute atomic E-state index is 0.00388. The average molecular weight is 446 g/mol. The van der Waals surface area contributed by atoms with E-state index in [0.29, 0.717) is 5.69 Å². The molecule has 0 spiro atoms. The fourth-order valence-corrected chi connectivity index (χ4v) is 6.81. The van der Waals surface area contributed by atoms with E-state index < -0.39 is 15.6 Å². The molecule has 1 N–H and O–H groups in total. The lowest BCUT2D eigenvalue weighted by Gasteiger charge is -2.41. The van der Waals surface area contributed by atoms with E-state index in [1.54, 1.807) is 47.6 Å². The van der Waals surface area contributed by atoms with E-state index in [1.807, 2.05) is 34.0 Å². The highest BCUT2D eigenvalue weighted by Crippen LogP contribution is 2.54. The van der Waals surface area contributed by atoms with E-state index in [2.05, 4.69) is 18.9 Å². The van der Waals surface area contributed by atoms with Crippen molar-refractivity contribution in [3.05, 3.63) is 54.4 Å². The fourth-order valence-electron chi connectivity index (χ4n) is 5.40. The van der Waals surface area contributed by atoms with Gasteiger partial charge >= 0.3 is 0 Å². The van der Waals surface area contributed by atoms with Gasteiger partial charge in [0.1, 0.15) is 0 Å². The number of benzene rings is 1. The van der Waals surface area contributed by atoms with Gasteiger partial charge in [0.05, 0.1) is 10.5 Å². The Morgan fingerprint density at radius 3 is 2.45 bits per heavy atom. The van der Waals surface area contributed by atoms with E-state index >= 15 is 0 Å². The Labute approximate surface area is 186 Å². The molecule has 1 aliphatic rings. The van der Waals surface area contributed by atoms with Gasteiger partial charge in [0.2, 0.25) is 0 Å². The maximum atomic E-state index is 13.4. The Morgan fingerprint density at radius 1 is 1.23 bits per heavy atom. The highest BCUT2D eigenvalue weighted by atomic mass is 32.2. The summed E-state index contributed by atoms with van der Waals surface area (Å²) in [6.45, 7) is 8.23.